The molecule has 0 spiro atoms. The van der Waals surface area contributed by atoms with E-state index in [9.17, 15) is 0 Å². The Hall–Kier alpha value is -2.61. The Labute approximate surface area is 137 Å². The zero-order valence-electron chi connectivity index (χ0n) is 13.8. The molecule has 0 aliphatic rings. The molecule has 3 rings (SSSR count). The summed E-state index contributed by atoms with van der Waals surface area (Å²) in [7, 11) is 0. The van der Waals surface area contributed by atoms with Crippen molar-refractivity contribution in [1.82, 2.24) is 0 Å². The van der Waals surface area contributed by atoms with E-state index in [2.05, 4.69) is 50.2 Å². The first kappa shape index (κ1) is 15.3. The number of hydrogen-bond acceptors (Lipinski definition) is 2. The maximum absolute atomic E-state index is 5.80. The maximum atomic E-state index is 5.80. The van der Waals surface area contributed by atoms with Gasteiger partial charge in [-0.3, -0.25) is 4.99 Å². The van der Waals surface area contributed by atoms with Crippen LogP contribution in [0, 0.1) is 13.8 Å². The Balaban J connectivity index is 2.12. The van der Waals surface area contributed by atoms with Gasteiger partial charge in [-0.15, -0.1) is 0 Å². The fourth-order valence-corrected chi connectivity index (χ4v) is 2.68. The summed E-state index contributed by atoms with van der Waals surface area (Å²) in [5.74, 6) is 0.875. The van der Waals surface area contributed by atoms with Crippen molar-refractivity contribution in [2.75, 3.05) is 6.61 Å². The predicted molar refractivity (Wildman–Crippen MR) is 98.3 cm³/mol. The van der Waals surface area contributed by atoms with Gasteiger partial charge in [0.1, 0.15) is 5.75 Å². The van der Waals surface area contributed by atoms with Gasteiger partial charge in [0.15, 0.2) is 0 Å². The summed E-state index contributed by atoms with van der Waals surface area (Å²) in [6.45, 7) is 6.81. The van der Waals surface area contributed by atoms with Gasteiger partial charge >= 0.3 is 0 Å². The highest BCUT2D eigenvalue weighted by atomic mass is 16.5. The molecular formula is C21H21NO. The van der Waals surface area contributed by atoms with Crippen LogP contribution in [0.3, 0.4) is 0 Å². The number of nitrogens with zero attached hydrogens (tertiary/aromatic N) is 1. The third kappa shape index (κ3) is 3.26. The van der Waals surface area contributed by atoms with Crippen LogP contribution in [-0.4, -0.2) is 12.8 Å². The van der Waals surface area contributed by atoms with Gasteiger partial charge in [0.05, 0.1) is 12.3 Å². The Morgan fingerprint density at radius 1 is 1.00 bits per heavy atom. The number of aliphatic imine (C=N–C) groups is 1. The average Bonchev–Trinajstić information content (AvgIpc) is 2.57. The molecule has 0 saturated carbocycles. The summed E-state index contributed by atoms with van der Waals surface area (Å²) in [6, 6.07) is 18.8. The van der Waals surface area contributed by atoms with Crippen LogP contribution in [0.25, 0.3) is 10.8 Å². The monoisotopic (exact) mass is 303 g/mol. The molecule has 0 radical (unpaired) electrons. The number of hydrogen-bond donors (Lipinski definition) is 0. The average molecular weight is 303 g/mol. The van der Waals surface area contributed by atoms with Crippen molar-refractivity contribution in [1.29, 1.82) is 0 Å². The summed E-state index contributed by atoms with van der Waals surface area (Å²) >= 11 is 0. The predicted octanol–water partition coefficient (Wildman–Crippen LogP) is 5.61. The second-order valence-electron chi connectivity index (χ2n) is 5.68. The van der Waals surface area contributed by atoms with Gasteiger partial charge in [0.25, 0.3) is 0 Å². The lowest BCUT2D eigenvalue weighted by Crippen LogP contribution is -1.97. The molecule has 3 aromatic carbocycles. The van der Waals surface area contributed by atoms with E-state index in [-0.39, 0.29) is 0 Å². The van der Waals surface area contributed by atoms with Crippen LogP contribution in [0.15, 0.2) is 59.6 Å². The van der Waals surface area contributed by atoms with Crippen molar-refractivity contribution in [2.45, 2.75) is 20.8 Å². The molecule has 2 heteroatoms. The van der Waals surface area contributed by atoms with Crippen molar-refractivity contribution < 1.29 is 4.74 Å². The van der Waals surface area contributed by atoms with E-state index in [1.807, 2.05) is 31.3 Å². The van der Waals surface area contributed by atoms with E-state index in [0.717, 1.165) is 22.4 Å². The molecule has 0 aliphatic heterocycles. The maximum Gasteiger partial charge on any atom is 0.128 e. The highest BCUT2D eigenvalue weighted by molar-refractivity contribution is 6.03. The first-order valence-corrected chi connectivity index (χ1v) is 7.95. The van der Waals surface area contributed by atoms with Crippen molar-refractivity contribution in [3.05, 3.63) is 71.3 Å². The van der Waals surface area contributed by atoms with Gasteiger partial charge in [-0.25, -0.2) is 0 Å². The molecule has 0 N–H and O–H groups in total. The quantitative estimate of drug-likeness (QED) is 0.574. The van der Waals surface area contributed by atoms with E-state index in [0.29, 0.717) is 6.61 Å². The molecule has 0 heterocycles. The fraction of sp³-hybridized carbons (Fsp3) is 0.190. The van der Waals surface area contributed by atoms with Gasteiger partial charge in [0.2, 0.25) is 0 Å². The lowest BCUT2D eigenvalue weighted by atomic mass is 10.0. The first-order valence-electron chi connectivity index (χ1n) is 7.95. The third-order valence-corrected chi connectivity index (χ3v) is 3.93. The molecule has 116 valence electrons. The lowest BCUT2D eigenvalue weighted by molar-refractivity contribution is 0.340. The summed E-state index contributed by atoms with van der Waals surface area (Å²) in [5, 5.41) is 2.35. The van der Waals surface area contributed by atoms with Crippen LogP contribution in [-0.2, 0) is 0 Å². The Bertz CT molecular complexity index is 865. The van der Waals surface area contributed by atoms with Crippen molar-refractivity contribution >= 4 is 22.7 Å². The van der Waals surface area contributed by atoms with Gasteiger partial charge in [0, 0.05) is 11.8 Å². The minimum absolute atomic E-state index is 0.642. The Morgan fingerprint density at radius 2 is 1.83 bits per heavy atom. The number of aryl methyl sites for hydroxylation is 2. The first-order chi connectivity index (χ1) is 11.2. The van der Waals surface area contributed by atoms with Crippen LogP contribution in [0.5, 0.6) is 5.75 Å². The molecule has 0 aliphatic carbocycles. The van der Waals surface area contributed by atoms with Gasteiger partial charge in [-0.1, -0.05) is 42.5 Å². The van der Waals surface area contributed by atoms with Crippen molar-refractivity contribution in [3.8, 4) is 5.75 Å². The highest BCUT2D eigenvalue weighted by Gasteiger charge is 2.07. The largest absolute Gasteiger partial charge is 0.493 e. The minimum atomic E-state index is 0.642. The molecule has 3 aromatic rings. The molecule has 0 bridgehead atoms. The van der Waals surface area contributed by atoms with Crippen LogP contribution in [0.2, 0.25) is 0 Å². The number of fused-ring (bicyclic) bond motifs is 1. The number of benzene rings is 3. The molecule has 23 heavy (non-hydrogen) atoms. The topological polar surface area (TPSA) is 21.6 Å². The van der Waals surface area contributed by atoms with E-state index in [1.165, 1.54) is 16.5 Å². The van der Waals surface area contributed by atoms with E-state index in [1.54, 1.807) is 0 Å². The number of ether oxygens (including phenoxy) is 1. The van der Waals surface area contributed by atoms with Gasteiger partial charge in [-0.2, -0.15) is 0 Å². The summed E-state index contributed by atoms with van der Waals surface area (Å²) in [6.07, 6.45) is 1.93. The SMILES string of the molecule is CCOc1ccc2ccccc2c1C=Nc1cc(C)ccc1C. The lowest BCUT2D eigenvalue weighted by Gasteiger charge is -2.10. The summed E-state index contributed by atoms with van der Waals surface area (Å²) in [5.41, 5.74) is 4.42. The van der Waals surface area contributed by atoms with Crippen LogP contribution in [0.1, 0.15) is 23.6 Å². The van der Waals surface area contributed by atoms with Gasteiger partial charge < -0.3 is 4.74 Å². The van der Waals surface area contributed by atoms with Crippen molar-refractivity contribution in [2.24, 2.45) is 4.99 Å². The Morgan fingerprint density at radius 3 is 2.65 bits per heavy atom. The molecule has 0 aromatic heterocycles. The van der Waals surface area contributed by atoms with Crippen LogP contribution in [0.4, 0.5) is 5.69 Å². The van der Waals surface area contributed by atoms with E-state index in [4.69, 9.17) is 9.73 Å². The summed E-state index contributed by atoms with van der Waals surface area (Å²) < 4.78 is 5.80. The minimum Gasteiger partial charge on any atom is -0.493 e. The fourth-order valence-electron chi connectivity index (χ4n) is 2.68. The molecule has 0 fully saturated rings. The molecular weight excluding hydrogens is 282 g/mol. The molecule has 0 amide bonds. The highest BCUT2D eigenvalue weighted by Crippen LogP contribution is 2.28. The number of rotatable bonds is 4. The Kier molecular flexibility index (Phi) is 4.42. The van der Waals surface area contributed by atoms with E-state index >= 15 is 0 Å². The van der Waals surface area contributed by atoms with Crippen molar-refractivity contribution in [3.63, 3.8) is 0 Å². The molecule has 2 nitrogen and oxygen atoms in total. The second-order valence-corrected chi connectivity index (χ2v) is 5.68. The normalized spacial score (nSPS) is 11.3. The molecule has 0 saturated heterocycles. The van der Waals surface area contributed by atoms with Crippen LogP contribution >= 0.6 is 0 Å². The standard InChI is InChI=1S/C21H21NO/c1-4-23-21-12-11-17-7-5-6-8-18(17)19(21)14-22-20-13-15(2)9-10-16(20)3/h5-14H,4H2,1-3H3. The van der Waals surface area contributed by atoms with E-state index < -0.39 is 0 Å². The molecule has 0 atom stereocenters. The zero-order valence-corrected chi connectivity index (χ0v) is 13.8. The second kappa shape index (κ2) is 6.66. The van der Waals surface area contributed by atoms with Gasteiger partial charge in [-0.05, 0) is 54.8 Å². The zero-order chi connectivity index (χ0) is 16.2. The smallest absolute Gasteiger partial charge is 0.128 e. The molecule has 0 unspecified atom stereocenters. The third-order valence-electron chi connectivity index (χ3n) is 3.93. The summed E-state index contributed by atoms with van der Waals surface area (Å²) in [4.78, 5) is 4.72. The van der Waals surface area contributed by atoms with Crippen LogP contribution < -0.4 is 4.74 Å².